The van der Waals surface area contributed by atoms with Gasteiger partial charge in [-0.3, -0.25) is 4.79 Å². The molecular formula is C21H22N4O3. The van der Waals surface area contributed by atoms with Gasteiger partial charge in [0.1, 0.15) is 11.5 Å². The summed E-state index contributed by atoms with van der Waals surface area (Å²) >= 11 is 0. The molecule has 1 heterocycles. The molecule has 2 N–H and O–H groups in total. The normalized spacial score (nSPS) is 10.2. The number of hydrogen-bond acceptors (Lipinski definition) is 6. The molecule has 0 aliphatic heterocycles. The summed E-state index contributed by atoms with van der Waals surface area (Å²) in [6.45, 7) is 4.43. The summed E-state index contributed by atoms with van der Waals surface area (Å²) in [5, 5.41) is 14.1. The number of nitrogens with one attached hydrogen (secondary N) is 2. The van der Waals surface area contributed by atoms with Gasteiger partial charge in [-0.15, -0.1) is 10.2 Å². The molecule has 0 bridgehead atoms. The minimum atomic E-state index is -0.363. The van der Waals surface area contributed by atoms with E-state index in [2.05, 4.69) is 20.8 Å². The zero-order valence-electron chi connectivity index (χ0n) is 16.0. The van der Waals surface area contributed by atoms with Gasteiger partial charge in [0.05, 0.1) is 25.1 Å². The second-order valence-electron chi connectivity index (χ2n) is 6.02. The molecule has 1 amide bonds. The first-order valence-electron chi connectivity index (χ1n) is 8.89. The fourth-order valence-corrected chi connectivity index (χ4v) is 2.62. The smallest absolute Gasteiger partial charge is 0.276 e. The molecule has 2 aromatic carbocycles. The molecule has 0 saturated heterocycles. The van der Waals surface area contributed by atoms with Gasteiger partial charge in [0.15, 0.2) is 11.5 Å². The van der Waals surface area contributed by atoms with Crippen molar-refractivity contribution in [3.8, 4) is 11.5 Å². The van der Waals surface area contributed by atoms with Crippen molar-refractivity contribution in [3.05, 3.63) is 65.9 Å². The Morgan fingerprint density at radius 3 is 2.54 bits per heavy atom. The van der Waals surface area contributed by atoms with Crippen molar-refractivity contribution < 1.29 is 14.3 Å². The average Bonchev–Trinajstić information content (AvgIpc) is 2.70. The Bertz CT molecular complexity index is 958. The highest BCUT2D eigenvalue weighted by Gasteiger charge is 2.12. The lowest BCUT2D eigenvalue weighted by molar-refractivity contribution is 0.102. The van der Waals surface area contributed by atoms with Crippen LogP contribution in [0.15, 0.2) is 54.6 Å². The van der Waals surface area contributed by atoms with Gasteiger partial charge in [0.2, 0.25) is 0 Å². The van der Waals surface area contributed by atoms with Crippen LogP contribution in [0.1, 0.15) is 23.0 Å². The summed E-state index contributed by atoms with van der Waals surface area (Å²) in [5.74, 6) is 1.45. The van der Waals surface area contributed by atoms with E-state index in [-0.39, 0.29) is 11.6 Å². The van der Waals surface area contributed by atoms with Crippen molar-refractivity contribution in [2.45, 2.75) is 13.8 Å². The molecule has 0 aliphatic carbocycles. The lowest BCUT2D eigenvalue weighted by Crippen LogP contribution is -2.15. The number of hydrogen-bond donors (Lipinski definition) is 2. The third kappa shape index (κ3) is 4.56. The van der Waals surface area contributed by atoms with Crippen molar-refractivity contribution in [1.29, 1.82) is 0 Å². The molecular weight excluding hydrogens is 356 g/mol. The molecule has 0 spiro atoms. The van der Waals surface area contributed by atoms with Crippen molar-refractivity contribution in [1.82, 2.24) is 10.2 Å². The Kier molecular flexibility index (Phi) is 6.06. The van der Waals surface area contributed by atoms with Crippen LogP contribution in [-0.2, 0) is 0 Å². The number of methoxy groups -OCH3 is 1. The number of aryl methyl sites for hydroxylation is 1. The van der Waals surface area contributed by atoms with E-state index >= 15 is 0 Å². The number of para-hydroxylation sites is 2. The number of amides is 1. The summed E-state index contributed by atoms with van der Waals surface area (Å²) in [7, 11) is 1.56. The molecule has 1 aromatic heterocycles. The van der Waals surface area contributed by atoms with E-state index in [9.17, 15) is 4.79 Å². The number of ether oxygens (including phenoxy) is 2. The zero-order chi connectivity index (χ0) is 19.9. The summed E-state index contributed by atoms with van der Waals surface area (Å²) in [4.78, 5) is 12.5. The SMILES string of the molecule is CCOc1ccccc1Nc1ccc(C(=O)Nc2cc(C)ccc2OC)nn1. The summed E-state index contributed by atoms with van der Waals surface area (Å²) in [6.07, 6.45) is 0. The predicted octanol–water partition coefficient (Wildman–Crippen LogP) is 4.19. The van der Waals surface area contributed by atoms with Gasteiger partial charge in [0.25, 0.3) is 5.91 Å². The summed E-state index contributed by atoms with van der Waals surface area (Å²) in [6, 6.07) is 16.4. The summed E-state index contributed by atoms with van der Waals surface area (Å²) in [5.41, 5.74) is 2.57. The van der Waals surface area contributed by atoms with Gasteiger partial charge >= 0.3 is 0 Å². The molecule has 0 atom stereocenters. The second-order valence-corrected chi connectivity index (χ2v) is 6.02. The number of carbonyl (C=O) groups is 1. The molecule has 144 valence electrons. The maximum Gasteiger partial charge on any atom is 0.276 e. The largest absolute Gasteiger partial charge is 0.495 e. The summed E-state index contributed by atoms with van der Waals surface area (Å²) < 4.78 is 10.9. The Balaban J connectivity index is 1.72. The van der Waals surface area contributed by atoms with Crippen LogP contribution in [0.5, 0.6) is 11.5 Å². The third-order valence-corrected chi connectivity index (χ3v) is 3.95. The van der Waals surface area contributed by atoms with E-state index in [0.29, 0.717) is 23.9 Å². The molecule has 0 aliphatic rings. The minimum Gasteiger partial charge on any atom is -0.495 e. The first kappa shape index (κ1) is 19.2. The van der Waals surface area contributed by atoms with E-state index in [1.165, 1.54) is 0 Å². The van der Waals surface area contributed by atoms with Crippen LogP contribution >= 0.6 is 0 Å². The fraction of sp³-hybridized carbons (Fsp3) is 0.190. The highest BCUT2D eigenvalue weighted by atomic mass is 16.5. The van der Waals surface area contributed by atoms with Crippen LogP contribution in [0.3, 0.4) is 0 Å². The zero-order valence-corrected chi connectivity index (χ0v) is 16.0. The van der Waals surface area contributed by atoms with Gasteiger partial charge in [-0.05, 0) is 55.8 Å². The van der Waals surface area contributed by atoms with E-state index in [4.69, 9.17) is 9.47 Å². The monoisotopic (exact) mass is 378 g/mol. The quantitative estimate of drug-likeness (QED) is 0.641. The predicted molar refractivity (Wildman–Crippen MR) is 109 cm³/mol. The number of anilines is 3. The molecule has 3 aromatic rings. The van der Waals surface area contributed by atoms with Gasteiger partial charge in [-0.2, -0.15) is 0 Å². The molecule has 3 rings (SSSR count). The molecule has 28 heavy (non-hydrogen) atoms. The Morgan fingerprint density at radius 2 is 1.82 bits per heavy atom. The standard InChI is InChI=1S/C21H22N4O3/c1-4-28-19-8-6-5-7-15(19)22-20-12-10-16(24-25-20)21(26)23-17-13-14(2)9-11-18(17)27-3/h5-13H,4H2,1-3H3,(H,22,25)(H,23,26). The Labute approximate surface area is 163 Å². The van der Waals surface area contributed by atoms with Gasteiger partial charge in [0, 0.05) is 0 Å². The van der Waals surface area contributed by atoms with Gasteiger partial charge in [-0.25, -0.2) is 0 Å². The molecule has 0 saturated carbocycles. The lowest BCUT2D eigenvalue weighted by Gasteiger charge is -2.12. The van der Waals surface area contributed by atoms with E-state index in [1.807, 2.05) is 50.2 Å². The van der Waals surface area contributed by atoms with Crippen LogP contribution in [0.4, 0.5) is 17.2 Å². The Morgan fingerprint density at radius 1 is 1.00 bits per heavy atom. The average molecular weight is 378 g/mol. The van der Waals surface area contributed by atoms with Crippen LogP contribution < -0.4 is 20.1 Å². The molecule has 7 nitrogen and oxygen atoms in total. The molecule has 0 unspecified atom stereocenters. The second kappa shape index (κ2) is 8.85. The van der Waals surface area contributed by atoms with Crippen LogP contribution in [0.2, 0.25) is 0 Å². The number of carbonyl (C=O) groups excluding carboxylic acids is 1. The number of rotatable bonds is 7. The van der Waals surface area contributed by atoms with Crippen molar-refractivity contribution >= 4 is 23.1 Å². The Hall–Kier alpha value is -3.61. The van der Waals surface area contributed by atoms with Crippen LogP contribution in [-0.4, -0.2) is 29.8 Å². The van der Waals surface area contributed by atoms with E-state index in [0.717, 1.165) is 17.0 Å². The number of benzene rings is 2. The maximum absolute atomic E-state index is 12.5. The fourth-order valence-electron chi connectivity index (χ4n) is 2.62. The lowest BCUT2D eigenvalue weighted by atomic mass is 10.2. The topological polar surface area (TPSA) is 85.4 Å². The van der Waals surface area contributed by atoms with Crippen LogP contribution in [0, 0.1) is 6.92 Å². The van der Waals surface area contributed by atoms with Gasteiger partial charge in [-0.1, -0.05) is 18.2 Å². The maximum atomic E-state index is 12.5. The van der Waals surface area contributed by atoms with Gasteiger partial charge < -0.3 is 20.1 Å². The van der Waals surface area contributed by atoms with Crippen molar-refractivity contribution in [2.24, 2.45) is 0 Å². The highest BCUT2D eigenvalue weighted by Crippen LogP contribution is 2.27. The van der Waals surface area contributed by atoms with Crippen LogP contribution in [0.25, 0.3) is 0 Å². The molecule has 0 radical (unpaired) electrons. The number of nitrogens with zero attached hydrogens (tertiary/aromatic N) is 2. The first-order chi connectivity index (χ1) is 13.6. The van der Waals surface area contributed by atoms with Crippen molar-refractivity contribution in [2.75, 3.05) is 24.4 Å². The molecule has 0 fully saturated rings. The highest BCUT2D eigenvalue weighted by molar-refractivity contribution is 6.03. The van der Waals surface area contributed by atoms with E-state index in [1.54, 1.807) is 25.3 Å². The van der Waals surface area contributed by atoms with Crippen molar-refractivity contribution in [3.63, 3.8) is 0 Å². The third-order valence-electron chi connectivity index (χ3n) is 3.95. The number of aromatic nitrogens is 2. The molecule has 7 heteroatoms. The minimum absolute atomic E-state index is 0.201. The first-order valence-corrected chi connectivity index (χ1v) is 8.89. The van der Waals surface area contributed by atoms with E-state index < -0.39 is 0 Å².